The third kappa shape index (κ3) is 1.28. The third-order valence-corrected chi connectivity index (χ3v) is 2.58. The fraction of sp³-hybridized carbons (Fsp3) is 0.143. The Morgan fingerprint density at radius 3 is 3.25 bits per heavy atom. The number of carbonyl (C=O) groups excluding carboxylic acids is 1. The van der Waals surface area contributed by atoms with Crippen molar-refractivity contribution in [2.75, 3.05) is 5.32 Å². The second-order valence-corrected chi connectivity index (χ2v) is 3.57. The SMILES string of the molecule is O=C1Cc2cc(SCl)cnc2N1. The maximum Gasteiger partial charge on any atom is 0.230 e. The van der Waals surface area contributed by atoms with Gasteiger partial charge in [-0.05, 0) is 27.7 Å². The van der Waals surface area contributed by atoms with E-state index < -0.39 is 0 Å². The summed E-state index contributed by atoms with van der Waals surface area (Å²) < 4.78 is 0. The molecule has 0 saturated heterocycles. The van der Waals surface area contributed by atoms with E-state index in [1.165, 1.54) is 0 Å². The molecule has 0 bridgehead atoms. The van der Waals surface area contributed by atoms with Crippen LogP contribution in [0.1, 0.15) is 5.56 Å². The van der Waals surface area contributed by atoms with Gasteiger partial charge in [-0.2, -0.15) is 0 Å². The van der Waals surface area contributed by atoms with E-state index in [0.29, 0.717) is 12.2 Å². The lowest BCUT2D eigenvalue weighted by atomic mass is 10.2. The van der Waals surface area contributed by atoms with Crippen molar-refractivity contribution < 1.29 is 4.79 Å². The van der Waals surface area contributed by atoms with Gasteiger partial charge in [0, 0.05) is 16.7 Å². The molecule has 62 valence electrons. The molecule has 0 aromatic carbocycles. The number of amides is 1. The van der Waals surface area contributed by atoms with E-state index in [0.717, 1.165) is 21.4 Å². The molecule has 0 fully saturated rings. The molecule has 1 aromatic rings. The summed E-state index contributed by atoms with van der Waals surface area (Å²) in [5, 5.41) is 2.65. The number of anilines is 1. The molecular weight excluding hydrogens is 196 g/mol. The molecule has 5 heteroatoms. The van der Waals surface area contributed by atoms with Gasteiger partial charge in [-0.15, -0.1) is 0 Å². The molecule has 0 spiro atoms. The Hall–Kier alpha value is -0.740. The minimum atomic E-state index is -0.00535. The van der Waals surface area contributed by atoms with Gasteiger partial charge in [0.15, 0.2) is 0 Å². The van der Waals surface area contributed by atoms with Crippen LogP contribution >= 0.6 is 21.7 Å². The van der Waals surface area contributed by atoms with Crippen LogP contribution in [-0.2, 0) is 11.2 Å². The van der Waals surface area contributed by atoms with E-state index in [-0.39, 0.29) is 5.91 Å². The average Bonchev–Trinajstić information content (AvgIpc) is 2.43. The molecule has 0 unspecified atom stereocenters. The van der Waals surface area contributed by atoms with Gasteiger partial charge in [-0.25, -0.2) is 4.98 Å². The topological polar surface area (TPSA) is 42.0 Å². The van der Waals surface area contributed by atoms with Crippen LogP contribution in [0.4, 0.5) is 5.82 Å². The molecule has 0 radical (unpaired) electrons. The second-order valence-electron chi connectivity index (χ2n) is 2.48. The Labute approximate surface area is 78.0 Å². The first-order chi connectivity index (χ1) is 5.79. The molecule has 0 aliphatic carbocycles. The molecule has 1 amide bonds. The van der Waals surface area contributed by atoms with Crippen LogP contribution in [0.5, 0.6) is 0 Å². The van der Waals surface area contributed by atoms with Gasteiger partial charge in [0.2, 0.25) is 5.91 Å². The first kappa shape index (κ1) is 7.89. The number of nitrogens with one attached hydrogen (secondary N) is 1. The van der Waals surface area contributed by atoms with Gasteiger partial charge < -0.3 is 5.32 Å². The lowest BCUT2D eigenvalue weighted by Gasteiger charge is -1.97. The van der Waals surface area contributed by atoms with Crippen molar-refractivity contribution in [2.24, 2.45) is 0 Å². The summed E-state index contributed by atoms with van der Waals surface area (Å²) in [5.74, 6) is 0.656. The molecule has 3 nitrogen and oxygen atoms in total. The summed E-state index contributed by atoms with van der Waals surface area (Å²) in [6.45, 7) is 0. The summed E-state index contributed by atoms with van der Waals surface area (Å²) in [6.07, 6.45) is 2.05. The van der Waals surface area contributed by atoms with Gasteiger partial charge in [0.1, 0.15) is 5.82 Å². The number of hydrogen-bond acceptors (Lipinski definition) is 3. The second kappa shape index (κ2) is 2.95. The highest BCUT2D eigenvalue weighted by Crippen LogP contribution is 2.27. The van der Waals surface area contributed by atoms with Crippen molar-refractivity contribution in [2.45, 2.75) is 11.3 Å². The van der Waals surface area contributed by atoms with Crippen LogP contribution in [-0.4, -0.2) is 10.9 Å². The van der Waals surface area contributed by atoms with E-state index in [4.69, 9.17) is 10.7 Å². The lowest BCUT2D eigenvalue weighted by molar-refractivity contribution is -0.115. The lowest BCUT2D eigenvalue weighted by Crippen LogP contribution is -2.04. The zero-order valence-corrected chi connectivity index (χ0v) is 7.58. The summed E-state index contributed by atoms with van der Waals surface area (Å²) in [4.78, 5) is 15.8. The van der Waals surface area contributed by atoms with Crippen molar-refractivity contribution in [1.82, 2.24) is 4.98 Å². The summed E-state index contributed by atoms with van der Waals surface area (Å²) in [7, 11) is 6.64. The van der Waals surface area contributed by atoms with Gasteiger partial charge in [0.05, 0.1) is 6.42 Å². The number of aromatic nitrogens is 1. The molecule has 2 rings (SSSR count). The van der Waals surface area contributed by atoms with Crippen molar-refractivity contribution in [1.29, 1.82) is 0 Å². The highest BCUT2D eigenvalue weighted by atomic mass is 35.7. The summed E-state index contributed by atoms with van der Waals surface area (Å²) in [6, 6.07) is 1.87. The molecule has 1 aliphatic rings. The first-order valence-corrected chi connectivity index (χ1v) is 5.01. The Kier molecular flexibility index (Phi) is 1.94. The Bertz CT molecular complexity index is 342. The zero-order chi connectivity index (χ0) is 8.55. The Morgan fingerprint density at radius 1 is 1.67 bits per heavy atom. The van der Waals surface area contributed by atoms with Crippen LogP contribution < -0.4 is 5.32 Å². The fourth-order valence-electron chi connectivity index (χ4n) is 1.13. The molecular formula is C7H5ClN2OS. The number of carbonyl (C=O) groups is 1. The maximum atomic E-state index is 10.9. The molecule has 12 heavy (non-hydrogen) atoms. The average molecular weight is 201 g/mol. The zero-order valence-electron chi connectivity index (χ0n) is 6.00. The minimum absolute atomic E-state index is 0.00535. The van der Waals surface area contributed by atoms with Crippen LogP contribution in [0.2, 0.25) is 0 Å². The minimum Gasteiger partial charge on any atom is -0.310 e. The number of hydrogen-bond donors (Lipinski definition) is 1. The van der Waals surface area contributed by atoms with E-state index >= 15 is 0 Å². The molecule has 0 saturated carbocycles. The third-order valence-electron chi connectivity index (χ3n) is 1.64. The van der Waals surface area contributed by atoms with E-state index in [1.807, 2.05) is 6.07 Å². The van der Waals surface area contributed by atoms with Crippen LogP contribution in [0.15, 0.2) is 17.2 Å². The van der Waals surface area contributed by atoms with E-state index in [2.05, 4.69) is 10.3 Å². The van der Waals surface area contributed by atoms with Gasteiger partial charge in [0.25, 0.3) is 0 Å². The Morgan fingerprint density at radius 2 is 2.50 bits per heavy atom. The van der Waals surface area contributed by atoms with Crippen LogP contribution in [0, 0.1) is 0 Å². The fourth-order valence-corrected chi connectivity index (χ4v) is 1.66. The van der Waals surface area contributed by atoms with E-state index in [1.54, 1.807) is 6.20 Å². The van der Waals surface area contributed by atoms with Gasteiger partial charge in [-0.1, -0.05) is 0 Å². The maximum absolute atomic E-state index is 10.9. The monoisotopic (exact) mass is 200 g/mol. The number of nitrogens with zero attached hydrogens (tertiary/aromatic N) is 1. The highest BCUT2D eigenvalue weighted by Gasteiger charge is 2.18. The van der Waals surface area contributed by atoms with Gasteiger partial charge >= 0.3 is 0 Å². The summed E-state index contributed by atoms with van der Waals surface area (Å²) >= 11 is 0. The number of fused-ring (bicyclic) bond motifs is 1. The van der Waals surface area contributed by atoms with Crippen molar-refractivity contribution in [3.05, 3.63) is 17.8 Å². The summed E-state index contributed by atoms with van der Waals surface area (Å²) in [5.41, 5.74) is 0.922. The number of halogens is 1. The standard InChI is InChI=1S/C7H5ClN2OS/c8-12-5-1-4-2-6(11)10-7(4)9-3-5/h1,3H,2H2,(H,9,10,11). The van der Waals surface area contributed by atoms with E-state index in [9.17, 15) is 4.79 Å². The molecule has 1 N–H and O–H groups in total. The smallest absolute Gasteiger partial charge is 0.230 e. The predicted octanol–water partition coefficient (Wildman–Crippen LogP) is 1.82. The molecule has 2 heterocycles. The largest absolute Gasteiger partial charge is 0.310 e. The number of pyridine rings is 1. The molecule has 1 aliphatic heterocycles. The Balaban J connectivity index is 2.41. The first-order valence-electron chi connectivity index (χ1n) is 3.37. The quantitative estimate of drug-likeness (QED) is 0.752. The molecule has 0 atom stereocenters. The normalized spacial score (nSPS) is 14.2. The molecule has 1 aromatic heterocycles. The van der Waals surface area contributed by atoms with Crippen molar-refractivity contribution in [3.8, 4) is 0 Å². The van der Waals surface area contributed by atoms with Crippen LogP contribution in [0.25, 0.3) is 0 Å². The van der Waals surface area contributed by atoms with Crippen LogP contribution in [0.3, 0.4) is 0 Å². The van der Waals surface area contributed by atoms with Crippen molar-refractivity contribution in [3.63, 3.8) is 0 Å². The highest BCUT2D eigenvalue weighted by molar-refractivity contribution is 8.21. The number of rotatable bonds is 1. The predicted molar refractivity (Wildman–Crippen MR) is 48.3 cm³/mol. The van der Waals surface area contributed by atoms with Crippen molar-refractivity contribution >= 4 is 33.4 Å². The van der Waals surface area contributed by atoms with Gasteiger partial charge in [-0.3, -0.25) is 4.79 Å².